The van der Waals surface area contributed by atoms with Gasteiger partial charge in [-0.05, 0) is 26.2 Å². The first kappa shape index (κ1) is 28.7. The van der Waals surface area contributed by atoms with Crippen LogP contribution in [-0.4, -0.2) is 63.2 Å². The molecule has 0 saturated carbocycles. The second-order valence-electron chi connectivity index (χ2n) is 11.0. The van der Waals surface area contributed by atoms with E-state index in [1.807, 2.05) is 13.8 Å². The number of ether oxygens (including phenoxy) is 1. The largest absolute Gasteiger partial charge is 0.487 e. The lowest BCUT2D eigenvalue weighted by atomic mass is 9.75. The highest BCUT2D eigenvalue weighted by molar-refractivity contribution is 5.99. The molecule has 2 fully saturated rings. The molecular formula is C28H31F3N4O6. The zero-order valence-corrected chi connectivity index (χ0v) is 22.7. The van der Waals surface area contributed by atoms with Gasteiger partial charge in [-0.2, -0.15) is 0 Å². The topological polar surface area (TPSA) is 121 Å². The van der Waals surface area contributed by atoms with Crippen LogP contribution in [0, 0.1) is 22.9 Å². The smallest absolute Gasteiger partial charge is 0.274 e. The molecule has 3 aliphatic heterocycles. The van der Waals surface area contributed by atoms with Gasteiger partial charge >= 0.3 is 0 Å². The molecule has 2 aromatic rings. The lowest BCUT2D eigenvalue weighted by Crippen LogP contribution is -2.51. The average Bonchev–Trinajstić information content (AvgIpc) is 3.14. The summed E-state index contributed by atoms with van der Waals surface area (Å²) < 4.78 is 49.0. The predicted molar refractivity (Wildman–Crippen MR) is 138 cm³/mol. The number of hydroxylamine groups is 2. The first-order valence-electron chi connectivity index (χ1n) is 13.6. The molecule has 1 aromatic carbocycles. The fourth-order valence-corrected chi connectivity index (χ4v) is 6.09. The van der Waals surface area contributed by atoms with Crippen molar-refractivity contribution in [2.24, 2.45) is 5.41 Å². The molecule has 41 heavy (non-hydrogen) atoms. The molecule has 0 aliphatic carbocycles. The maximum absolute atomic E-state index is 14.2. The van der Waals surface area contributed by atoms with E-state index in [1.54, 1.807) is 4.90 Å². The fourth-order valence-electron chi connectivity index (χ4n) is 6.09. The van der Waals surface area contributed by atoms with E-state index in [2.05, 4.69) is 5.32 Å². The zero-order valence-electron chi connectivity index (χ0n) is 22.7. The number of carbonyl (C=O) groups is 3. The molecule has 10 nitrogen and oxygen atoms in total. The van der Waals surface area contributed by atoms with E-state index in [0.717, 1.165) is 6.42 Å². The summed E-state index contributed by atoms with van der Waals surface area (Å²) in [6.07, 6.45) is 3.57. The summed E-state index contributed by atoms with van der Waals surface area (Å²) in [7, 11) is 0. The van der Waals surface area contributed by atoms with Crippen molar-refractivity contribution in [2.45, 2.75) is 64.6 Å². The van der Waals surface area contributed by atoms with Crippen LogP contribution in [0.1, 0.15) is 78.4 Å². The van der Waals surface area contributed by atoms with Gasteiger partial charge in [0.25, 0.3) is 11.8 Å². The lowest BCUT2D eigenvalue weighted by molar-refractivity contribution is -0.158. The summed E-state index contributed by atoms with van der Waals surface area (Å²) >= 11 is 0. The molecule has 0 radical (unpaired) electrons. The van der Waals surface area contributed by atoms with Crippen molar-refractivity contribution in [1.82, 2.24) is 19.8 Å². The van der Waals surface area contributed by atoms with Crippen molar-refractivity contribution in [1.29, 1.82) is 0 Å². The van der Waals surface area contributed by atoms with Crippen molar-refractivity contribution >= 4 is 17.7 Å². The first-order valence-corrected chi connectivity index (χ1v) is 13.6. The van der Waals surface area contributed by atoms with E-state index < -0.39 is 69.7 Å². The van der Waals surface area contributed by atoms with E-state index in [9.17, 15) is 37.6 Å². The van der Waals surface area contributed by atoms with Crippen molar-refractivity contribution < 1.29 is 37.5 Å². The maximum Gasteiger partial charge on any atom is 0.274 e. The van der Waals surface area contributed by atoms with Crippen LogP contribution in [0.4, 0.5) is 13.2 Å². The highest BCUT2D eigenvalue weighted by atomic mass is 19.1. The zero-order chi connectivity index (χ0) is 29.6. The molecule has 2 N–H and O–H groups in total. The molecule has 3 atom stereocenters. The number of rotatable bonds is 7. The normalized spacial score (nSPS) is 23.6. The van der Waals surface area contributed by atoms with E-state index in [4.69, 9.17) is 4.74 Å². The van der Waals surface area contributed by atoms with E-state index in [-0.39, 0.29) is 43.6 Å². The quantitative estimate of drug-likeness (QED) is 0.386. The second-order valence-corrected chi connectivity index (χ2v) is 11.0. The fraction of sp³-hybridized carbons (Fsp3) is 0.500. The molecule has 2 bridgehead atoms. The van der Waals surface area contributed by atoms with Crippen LogP contribution in [0.2, 0.25) is 0 Å². The van der Waals surface area contributed by atoms with Crippen LogP contribution in [0.5, 0.6) is 5.75 Å². The Hall–Kier alpha value is -3.87. The Morgan fingerprint density at radius 1 is 1.20 bits per heavy atom. The number of nitrogens with zero attached hydrogens (tertiary/aromatic N) is 3. The molecular weight excluding hydrogens is 545 g/mol. The van der Waals surface area contributed by atoms with Gasteiger partial charge in [0.2, 0.25) is 11.3 Å². The number of unbranched alkanes of at least 4 members (excludes halogenated alkanes) is 1. The molecule has 2 saturated heterocycles. The molecule has 1 aromatic heterocycles. The standard InChI is InChI=1S/C28H31F3N4O6/c1-3-4-7-41-25-23-27(39)33-13-21(28(6-5-15(33)2)10-22(36)35(40)14-28)34(23)12-18(24(25)37)26(38)32-11-17-19(30)8-16(29)9-20(17)31/h8-9,12,15,21,40H,3-7,10-11,13-14H2,1-2H3,(H,32,38)/t15-,21+,28+/m0/s1. The Labute approximate surface area is 233 Å². The third-order valence-corrected chi connectivity index (χ3v) is 8.44. The van der Waals surface area contributed by atoms with Gasteiger partial charge in [0.1, 0.15) is 23.0 Å². The highest BCUT2D eigenvalue weighted by Crippen LogP contribution is 2.50. The second kappa shape index (κ2) is 10.8. The summed E-state index contributed by atoms with van der Waals surface area (Å²) in [5.41, 5.74) is -2.74. The molecule has 3 aliphatic rings. The third-order valence-electron chi connectivity index (χ3n) is 8.44. The Bertz CT molecular complexity index is 1460. The average molecular weight is 577 g/mol. The summed E-state index contributed by atoms with van der Waals surface area (Å²) in [5.74, 6) is -5.74. The Morgan fingerprint density at radius 2 is 1.90 bits per heavy atom. The Balaban J connectivity index is 1.61. The van der Waals surface area contributed by atoms with Crippen molar-refractivity contribution in [3.8, 4) is 5.75 Å². The minimum atomic E-state index is -1.20. The minimum Gasteiger partial charge on any atom is -0.487 e. The molecule has 0 unspecified atom stereocenters. The number of pyridine rings is 1. The summed E-state index contributed by atoms with van der Waals surface area (Å²) in [6, 6.07) is 0.154. The van der Waals surface area contributed by atoms with Crippen molar-refractivity contribution in [3.05, 3.63) is 62.8 Å². The van der Waals surface area contributed by atoms with Crippen molar-refractivity contribution in [3.63, 3.8) is 0 Å². The Morgan fingerprint density at radius 3 is 2.54 bits per heavy atom. The molecule has 4 heterocycles. The number of hydrogen-bond donors (Lipinski definition) is 2. The highest BCUT2D eigenvalue weighted by Gasteiger charge is 2.55. The van der Waals surface area contributed by atoms with Gasteiger partial charge in [-0.25, -0.2) is 18.2 Å². The molecule has 5 rings (SSSR count). The number of hydrogen-bond acceptors (Lipinski definition) is 6. The summed E-state index contributed by atoms with van der Waals surface area (Å²) in [4.78, 5) is 54.8. The van der Waals surface area contributed by atoms with Gasteiger partial charge in [-0.15, -0.1) is 0 Å². The molecule has 1 spiro atoms. The molecule has 220 valence electrons. The number of halogens is 3. The van der Waals surface area contributed by atoms with Gasteiger partial charge in [0.05, 0.1) is 19.2 Å². The van der Waals surface area contributed by atoms with E-state index >= 15 is 0 Å². The van der Waals surface area contributed by atoms with E-state index in [0.29, 0.717) is 36.5 Å². The summed E-state index contributed by atoms with van der Waals surface area (Å²) in [5, 5.41) is 13.2. The molecule has 3 amide bonds. The van der Waals surface area contributed by atoms with Gasteiger partial charge in [-0.3, -0.25) is 24.4 Å². The number of benzene rings is 1. The van der Waals surface area contributed by atoms with Crippen LogP contribution < -0.4 is 15.5 Å². The first-order chi connectivity index (χ1) is 19.5. The van der Waals surface area contributed by atoms with Gasteiger partial charge in [-0.1, -0.05) is 13.3 Å². The SMILES string of the molecule is CCCCOc1c2n(cc(C(=O)NCc3c(F)cc(F)cc3F)c1=O)[C@@H]1CN(C2=O)[C@@H](C)CC[C@]12CC(=O)N(O)C2. The number of fused-ring (bicyclic) bond motifs is 5. The number of nitrogens with one attached hydrogen (secondary N) is 1. The monoisotopic (exact) mass is 576 g/mol. The number of aromatic nitrogens is 1. The van der Waals surface area contributed by atoms with Crippen LogP contribution >= 0.6 is 0 Å². The third kappa shape index (κ3) is 4.96. The minimum absolute atomic E-state index is 0.00512. The Kier molecular flexibility index (Phi) is 7.58. The van der Waals surface area contributed by atoms with Crippen LogP contribution in [0.25, 0.3) is 0 Å². The summed E-state index contributed by atoms with van der Waals surface area (Å²) in [6.45, 7) is 3.40. The van der Waals surface area contributed by atoms with Gasteiger partial charge in [0, 0.05) is 54.9 Å². The van der Waals surface area contributed by atoms with Gasteiger partial charge < -0.3 is 19.5 Å². The van der Waals surface area contributed by atoms with Crippen LogP contribution in [-0.2, 0) is 11.3 Å². The number of carbonyl (C=O) groups excluding carboxylic acids is 3. The van der Waals surface area contributed by atoms with Crippen LogP contribution in [0.3, 0.4) is 0 Å². The lowest BCUT2D eigenvalue weighted by Gasteiger charge is -2.43. The number of amides is 3. The predicted octanol–water partition coefficient (Wildman–Crippen LogP) is 3.16. The maximum atomic E-state index is 14.2. The van der Waals surface area contributed by atoms with Gasteiger partial charge in [0.15, 0.2) is 11.4 Å². The van der Waals surface area contributed by atoms with Crippen LogP contribution in [0.15, 0.2) is 23.1 Å². The van der Waals surface area contributed by atoms with E-state index in [1.165, 1.54) is 10.8 Å². The van der Waals surface area contributed by atoms with Crippen molar-refractivity contribution in [2.75, 3.05) is 19.7 Å². The molecule has 13 heteroatoms.